The summed E-state index contributed by atoms with van der Waals surface area (Å²) in [5.74, 6) is 1.80. The SMILES string of the molecule is CC(C)[C@@H]1CC[C@@H](C)C[C@H]1C(=O)N(Cl)CCN. The third kappa shape index (κ3) is 3.85. The van der Waals surface area contributed by atoms with E-state index in [2.05, 4.69) is 20.8 Å². The second-order valence-electron chi connectivity index (χ2n) is 5.65. The second kappa shape index (κ2) is 6.60. The fourth-order valence-corrected chi connectivity index (χ4v) is 3.11. The molecule has 1 aliphatic rings. The smallest absolute Gasteiger partial charge is 0.240 e. The molecule has 0 bridgehead atoms. The molecule has 3 atom stereocenters. The Labute approximate surface area is 110 Å². The van der Waals surface area contributed by atoms with Crippen LogP contribution in [0.5, 0.6) is 0 Å². The number of nitrogens with zero attached hydrogens (tertiary/aromatic N) is 1. The molecule has 1 rings (SSSR count). The molecule has 0 aromatic heterocycles. The first-order valence-corrected chi connectivity index (χ1v) is 6.98. The van der Waals surface area contributed by atoms with Gasteiger partial charge in [0.15, 0.2) is 0 Å². The maximum Gasteiger partial charge on any atom is 0.240 e. The van der Waals surface area contributed by atoms with Crippen LogP contribution < -0.4 is 5.73 Å². The molecule has 17 heavy (non-hydrogen) atoms. The Hall–Kier alpha value is -0.280. The first-order chi connectivity index (χ1) is 7.97. The second-order valence-corrected chi connectivity index (χ2v) is 6.05. The largest absolute Gasteiger partial charge is 0.329 e. The van der Waals surface area contributed by atoms with Crippen molar-refractivity contribution in [1.82, 2.24) is 4.42 Å². The van der Waals surface area contributed by atoms with E-state index in [1.54, 1.807) is 0 Å². The van der Waals surface area contributed by atoms with Crippen LogP contribution in [0.4, 0.5) is 0 Å². The highest BCUT2D eigenvalue weighted by molar-refractivity contribution is 6.21. The summed E-state index contributed by atoms with van der Waals surface area (Å²) in [6.07, 6.45) is 3.34. The van der Waals surface area contributed by atoms with Crippen LogP contribution in [-0.2, 0) is 4.79 Å². The molecule has 1 fully saturated rings. The minimum Gasteiger partial charge on any atom is -0.329 e. The maximum absolute atomic E-state index is 12.3. The highest BCUT2D eigenvalue weighted by Crippen LogP contribution is 2.39. The number of amides is 1. The number of carbonyl (C=O) groups is 1. The van der Waals surface area contributed by atoms with Crippen LogP contribution in [0.15, 0.2) is 0 Å². The zero-order chi connectivity index (χ0) is 13.0. The maximum atomic E-state index is 12.3. The average Bonchev–Trinajstić information content (AvgIpc) is 2.27. The van der Waals surface area contributed by atoms with Crippen molar-refractivity contribution in [3.8, 4) is 0 Å². The van der Waals surface area contributed by atoms with Gasteiger partial charge in [-0.05, 0) is 30.6 Å². The topological polar surface area (TPSA) is 46.3 Å². The van der Waals surface area contributed by atoms with Crippen LogP contribution in [0.25, 0.3) is 0 Å². The van der Waals surface area contributed by atoms with Gasteiger partial charge in [-0.3, -0.25) is 9.21 Å². The summed E-state index contributed by atoms with van der Waals surface area (Å²) in [6.45, 7) is 7.48. The molecule has 4 heteroatoms. The molecule has 0 saturated heterocycles. The highest BCUT2D eigenvalue weighted by Gasteiger charge is 2.37. The summed E-state index contributed by atoms with van der Waals surface area (Å²) < 4.78 is 1.29. The lowest BCUT2D eigenvalue weighted by Gasteiger charge is -2.37. The summed E-state index contributed by atoms with van der Waals surface area (Å²) in [6, 6.07) is 0. The fourth-order valence-electron chi connectivity index (χ4n) is 2.89. The Morgan fingerprint density at radius 1 is 1.47 bits per heavy atom. The predicted molar refractivity (Wildman–Crippen MR) is 71.5 cm³/mol. The molecule has 1 amide bonds. The van der Waals surface area contributed by atoms with E-state index in [0.717, 1.165) is 12.8 Å². The van der Waals surface area contributed by atoms with Gasteiger partial charge in [0.25, 0.3) is 0 Å². The molecule has 0 aliphatic heterocycles. The molecular formula is C13H25ClN2O. The third-order valence-electron chi connectivity index (χ3n) is 3.90. The van der Waals surface area contributed by atoms with E-state index in [1.165, 1.54) is 10.8 Å². The van der Waals surface area contributed by atoms with Gasteiger partial charge >= 0.3 is 0 Å². The van der Waals surface area contributed by atoms with E-state index in [4.69, 9.17) is 17.5 Å². The highest BCUT2D eigenvalue weighted by atomic mass is 35.5. The molecule has 0 aromatic rings. The number of rotatable bonds is 4. The Balaban J connectivity index is 2.71. The van der Waals surface area contributed by atoms with Crippen molar-refractivity contribution in [3.63, 3.8) is 0 Å². The molecule has 2 N–H and O–H groups in total. The fraction of sp³-hybridized carbons (Fsp3) is 0.923. The van der Waals surface area contributed by atoms with E-state index in [1.807, 2.05) is 0 Å². The van der Waals surface area contributed by atoms with Crippen molar-refractivity contribution in [2.45, 2.75) is 40.0 Å². The zero-order valence-electron chi connectivity index (χ0n) is 11.2. The zero-order valence-corrected chi connectivity index (χ0v) is 11.9. The monoisotopic (exact) mass is 260 g/mol. The van der Waals surface area contributed by atoms with E-state index >= 15 is 0 Å². The Kier molecular flexibility index (Phi) is 5.74. The predicted octanol–water partition coefficient (Wildman–Crippen LogP) is 2.64. The summed E-state index contributed by atoms with van der Waals surface area (Å²) in [5, 5.41) is 0. The van der Waals surface area contributed by atoms with E-state index < -0.39 is 0 Å². The molecule has 0 spiro atoms. The van der Waals surface area contributed by atoms with Crippen LogP contribution >= 0.6 is 11.8 Å². The van der Waals surface area contributed by atoms with Gasteiger partial charge in [-0.2, -0.15) is 0 Å². The Morgan fingerprint density at radius 3 is 2.65 bits per heavy atom. The summed E-state index contributed by atoms with van der Waals surface area (Å²) >= 11 is 5.99. The summed E-state index contributed by atoms with van der Waals surface area (Å²) in [5.41, 5.74) is 5.44. The van der Waals surface area contributed by atoms with E-state index in [0.29, 0.717) is 30.8 Å². The van der Waals surface area contributed by atoms with Crippen LogP contribution in [0.2, 0.25) is 0 Å². The standard InChI is InChI=1S/C13H25ClN2O/c1-9(2)11-5-4-10(3)8-12(11)13(17)16(14)7-6-15/h9-12H,4-8,15H2,1-3H3/t10-,11+,12-/m1/s1. The van der Waals surface area contributed by atoms with Crippen LogP contribution in [0.1, 0.15) is 40.0 Å². The number of halogens is 1. The van der Waals surface area contributed by atoms with Crippen molar-refractivity contribution in [2.24, 2.45) is 29.4 Å². The molecule has 0 unspecified atom stereocenters. The van der Waals surface area contributed by atoms with Gasteiger partial charge < -0.3 is 5.73 Å². The van der Waals surface area contributed by atoms with E-state index in [-0.39, 0.29) is 11.8 Å². The number of hydrogen-bond donors (Lipinski definition) is 1. The van der Waals surface area contributed by atoms with Crippen molar-refractivity contribution >= 4 is 17.7 Å². The van der Waals surface area contributed by atoms with Gasteiger partial charge in [-0.15, -0.1) is 0 Å². The van der Waals surface area contributed by atoms with Gasteiger partial charge in [0.1, 0.15) is 0 Å². The molecule has 0 radical (unpaired) electrons. The lowest BCUT2D eigenvalue weighted by atomic mass is 9.70. The van der Waals surface area contributed by atoms with Gasteiger partial charge in [-0.25, -0.2) is 0 Å². The molecule has 3 nitrogen and oxygen atoms in total. The molecular weight excluding hydrogens is 236 g/mol. The molecule has 0 aromatic carbocycles. The van der Waals surface area contributed by atoms with Crippen LogP contribution in [0.3, 0.4) is 0 Å². The molecule has 0 heterocycles. The number of carbonyl (C=O) groups excluding carboxylic acids is 1. The van der Waals surface area contributed by atoms with Gasteiger partial charge in [0.05, 0.1) is 6.54 Å². The molecule has 100 valence electrons. The minimum atomic E-state index is 0.0716. The van der Waals surface area contributed by atoms with Crippen LogP contribution in [0, 0.1) is 23.7 Å². The van der Waals surface area contributed by atoms with Crippen LogP contribution in [-0.4, -0.2) is 23.4 Å². The number of nitrogens with two attached hydrogens (primary N) is 1. The van der Waals surface area contributed by atoms with Gasteiger partial charge in [0, 0.05) is 24.2 Å². The molecule has 1 saturated carbocycles. The van der Waals surface area contributed by atoms with Gasteiger partial charge in [-0.1, -0.05) is 27.2 Å². The van der Waals surface area contributed by atoms with Crippen molar-refractivity contribution in [2.75, 3.05) is 13.1 Å². The third-order valence-corrected chi connectivity index (χ3v) is 4.24. The van der Waals surface area contributed by atoms with Crippen molar-refractivity contribution in [3.05, 3.63) is 0 Å². The minimum absolute atomic E-state index is 0.0716. The quantitative estimate of drug-likeness (QED) is 0.790. The Morgan fingerprint density at radius 2 is 2.12 bits per heavy atom. The van der Waals surface area contributed by atoms with Crippen molar-refractivity contribution < 1.29 is 4.79 Å². The summed E-state index contributed by atoms with van der Waals surface area (Å²) in [7, 11) is 0. The lowest BCUT2D eigenvalue weighted by Crippen LogP contribution is -2.40. The summed E-state index contributed by atoms with van der Waals surface area (Å²) in [4.78, 5) is 12.3. The average molecular weight is 261 g/mol. The number of hydrogen-bond acceptors (Lipinski definition) is 2. The van der Waals surface area contributed by atoms with Gasteiger partial charge in [0.2, 0.25) is 5.91 Å². The Bertz CT molecular complexity index is 258. The normalized spacial score (nSPS) is 29.4. The first-order valence-electron chi connectivity index (χ1n) is 6.64. The lowest BCUT2D eigenvalue weighted by molar-refractivity contribution is -0.135. The van der Waals surface area contributed by atoms with Crippen molar-refractivity contribution in [1.29, 1.82) is 0 Å². The molecule has 1 aliphatic carbocycles. The van der Waals surface area contributed by atoms with E-state index in [9.17, 15) is 4.79 Å². The first kappa shape index (κ1) is 14.8.